The van der Waals surface area contributed by atoms with Gasteiger partial charge in [0.25, 0.3) is 0 Å². The highest BCUT2D eigenvalue weighted by Gasteiger charge is 2.74. The Morgan fingerprint density at radius 1 is 1.06 bits per heavy atom. The number of carbonyl (C=O) groups is 3. The van der Waals surface area contributed by atoms with Crippen LogP contribution in [0.4, 0.5) is 11.4 Å². The molecule has 3 fully saturated rings. The summed E-state index contributed by atoms with van der Waals surface area (Å²) in [7, 11) is 0. The average Bonchev–Trinajstić information content (AvgIpc) is 3.45. The molecule has 0 unspecified atom stereocenters. The summed E-state index contributed by atoms with van der Waals surface area (Å²) in [6.07, 6.45) is 1.73. The van der Waals surface area contributed by atoms with Crippen LogP contribution in [0.3, 0.4) is 0 Å². The van der Waals surface area contributed by atoms with E-state index in [1.165, 1.54) is 4.90 Å². The lowest BCUT2D eigenvalue weighted by atomic mass is 9.75. The number of amides is 3. The van der Waals surface area contributed by atoms with Crippen molar-refractivity contribution >= 4 is 45.0 Å². The van der Waals surface area contributed by atoms with Gasteiger partial charge >= 0.3 is 0 Å². The number of para-hydroxylation sites is 1. The molecule has 0 aliphatic carbocycles. The van der Waals surface area contributed by atoms with E-state index < -0.39 is 17.4 Å². The molecule has 4 atom stereocenters. The Labute approximate surface area is 188 Å². The summed E-state index contributed by atoms with van der Waals surface area (Å²) in [4.78, 5) is 44.8. The third-order valence-electron chi connectivity index (χ3n) is 7.79. The number of nitrogens with one attached hydrogen (secondary N) is 1. The van der Waals surface area contributed by atoms with E-state index in [4.69, 9.17) is 0 Å². The first-order valence-corrected chi connectivity index (χ1v) is 11.5. The van der Waals surface area contributed by atoms with Gasteiger partial charge in [-0.3, -0.25) is 19.3 Å². The Bertz CT molecular complexity index is 1190. The van der Waals surface area contributed by atoms with Crippen molar-refractivity contribution in [3.8, 4) is 0 Å². The number of carbonyl (C=O) groups excluding carboxylic acids is 3. The van der Waals surface area contributed by atoms with Crippen LogP contribution in [0.2, 0.25) is 0 Å². The zero-order valence-electron chi connectivity index (χ0n) is 17.3. The van der Waals surface area contributed by atoms with Gasteiger partial charge in [-0.1, -0.05) is 24.3 Å². The topological polar surface area (TPSA) is 69.7 Å². The predicted molar refractivity (Wildman–Crippen MR) is 120 cm³/mol. The monoisotopic (exact) mass is 479 g/mol. The molecule has 0 radical (unpaired) electrons. The summed E-state index contributed by atoms with van der Waals surface area (Å²) in [6.45, 7) is 4.73. The van der Waals surface area contributed by atoms with Gasteiger partial charge in [0.15, 0.2) is 0 Å². The van der Waals surface area contributed by atoms with E-state index in [1.54, 1.807) is 6.07 Å². The maximum atomic E-state index is 13.9. The molecule has 2 aromatic rings. The lowest BCUT2D eigenvalue weighted by Gasteiger charge is -2.36. The second-order valence-electron chi connectivity index (χ2n) is 9.02. The number of hydrogen-bond acceptors (Lipinski definition) is 4. The molecule has 0 bridgehead atoms. The Morgan fingerprint density at radius 3 is 2.61 bits per heavy atom. The van der Waals surface area contributed by atoms with Crippen LogP contribution >= 0.6 is 15.9 Å². The van der Waals surface area contributed by atoms with E-state index in [9.17, 15) is 14.4 Å². The van der Waals surface area contributed by atoms with Gasteiger partial charge in [0.2, 0.25) is 17.7 Å². The van der Waals surface area contributed by atoms with Gasteiger partial charge in [-0.15, -0.1) is 0 Å². The standard InChI is InChI=1S/C24H22BrN3O3/c1-12-9-10-14-20(13(12)2)26-23(31)24(14)19-18(17-8-5-11-27(17)24)21(29)28(22(19)30)16-7-4-3-6-15(16)25/h3-4,6-7,9-10,17-19H,5,8,11H2,1-2H3,(H,26,31)/t17-,18+,19-,24+/m0/s1. The molecule has 31 heavy (non-hydrogen) atoms. The first-order chi connectivity index (χ1) is 14.9. The second-order valence-corrected chi connectivity index (χ2v) is 9.87. The SMILES string of the molecule is Cc1ccc2c(c1C)NC(=O)[C@]21[C@@H]2C(=O)N(c3ccccc3Br)C(=O)[C@@H]2[C@@H]2CCCN21. The van der Waals surface area contributed by atoms with E-state index in [0.717, 1.165) is 35.2 Å². The van der Waals surface area contributed by atoms with Crippen LogP contribution in [0.1, 0.15) is 29.5 Å². The van der Waals surface area contributed by atoms with Crippen LogP contribution in [0.15, 0.2) is 40.9 Å². The largest absolute Gasteiger partial charge is 0.324 e. The number of imide groups is 1. The van der Waals surface area contributed by atoms with Crippen LogP contribution in [-0.4, -0.2) is 35.2 Å². The minimum Gasteiger partial charge on any atom is -0.324 e. The fourth-order valence-corrected chi connectivity index (χ4v) is 6.85. The van der Waals surface area contributed by atoms with Crippen molar-refractivity contribution in [2.24, 2.45) is 11.8 Å². The van der Waals surface area contributed by atoms with E-state index >= 15 is 0 Å². The molecule has 1 N–H and O–H groups in total. The summed E-state index contributed by atoms with van der Waals surface area (Å²) in [5, 5.41) is 3.09. The van der Waals surface area contributed by atoms with Gasteiger partial charge < -0.3 is 5.32 Å². The highest BCUT2D eigenvalue weighted by atomic mass is 79.9. The van der Waals surface area contributed by atoms with Crippen LogP contribution in [0.5, 0.6) is 0 Å². The number of benzene rings is 2. The van der Waals surface area contributed by atoms with E-state index in [1.807, 2.05) is 44.2 Å². The highest BCUT2D eigenvalue weighted by molar-refractivity contribution is 9.10. The number of hydrogen-bond donors (Lipinski definition) is 1. The first kappa shape index (κ1) is 19.2. The average molecular weight is 480 g/mol. The van der Waals surface area contributed by atoms with Gasteiger partial charge in [0, 0.05) is 21.8 Å². The zero-order valence-corrected chi connectivity index (χ0v) is 18.9. The van der Waals surface area contributed by atoms with Crippen molar-refractivity contribution in [1.29, 1.82) is 0 Å². The van der Waals surface area contributed by atoms with Crippen LogP contribution < -0.4 is 10.2 Å². The quantitative estimate of drug-likeness (QED) is 0.635. The maximum absolute atomic E-state index is 13.9. The van der Waals surface area contributed by atoms with Crippen LogP contribution in [0.25, 0.3) is 0 Å². The second kappa shape index (κ2) is 6.26. The number of rotatable bonds is 1. The van der Waals surface area contributed by atoms with Gasteiger partial charge in [-0.25, -0.2) is 4.90 Å². The van der Waals surface area contributed by atoms with Gasteiger partial charge in [-0.2, -0.15) is 0 Å². The molecule has 0 saturated carbocycles. The van der Waals surface area contributed by atoms with Gasteiger partial charge in [-0.05, 0) is 72.4 Å². The molecule has 1 spiro atoms. The van der Waals surface area contributed by atoms with Crippen molar-refractivity contribution < 1.29 is 14.4 Å². The third-order valence-corrected chi connectivity index (χ3v) is 8.46. The molecule has 158 valence electrons. The molecular weight excluding hydrogens is 458 g/mol. The predicted octanol–water partition coefficient (Wildman–Crippen LogP) is 3.50. The molecule has 3 amide bonds. The summed E-state index contributed by atoms with van der Waals surface area (Å²) in [5.41, 5.74) is 3.17. The van der Waals surface area contributed by atoms with Crippen molar-refractivity contribution in [2.75, 3.05) is 16.8 Å². The number of anilines is 2. The molecule has 7 heteroatoms. The molecule has 6 nitrogen and oxygen atoms in total. The van der Waals surface area contributed by atoms with E-state index in [2.05, 4.69) is 26.1 Å². The van der Waals surface area contributed by atoms with Crippen molar-refractivity contribution in [1.82, 2.24) is 4.90 Å². The minimum atomic E-state index is -1.12. The molecule has 0 aromatic heterocycles. The zero-order chi connectivity index (χ0) is 21.7. The van der Waals surface area contributed by atoms with Crippen LogP contribution in [-0.2, 0) is 19.9 Å². The Balaban J connectivity index is 1.59. The van der Waals surface area contributed by atoms with Crippen molar-refractivity contribution in [3.63, 3.8) is 0 Å². The fourth-order valence-electron chi connectivity index (χ4n) is 6.39. The van der Waals surface area contributed by atoms with Gasteiger partial charge in [0.1, 0.15) is 5.54 Å². The molecule has 3 saturated heterocycles. The Morgan fingerprint density at radius 2 is 1.84 bits per heavy atom. The smallest absolute Gasteiger partial charge is 0.250 e. The molecule has 4 aliphatic rings. The third kappa shape index (κ3) is 2.13. The number of halogens is 1. The summed E-state index contributed by atoms with van der Waals surface area (Å²) < 4.78 is 0.691. The normalized spacial score (nSPS) is 31.4. The van der Waals surface area contributed by atoms with Crippen LogP contribution in [0, 0.1) is 25.7 Å². The fraction of sp³-hybridized carbons (Fsp3) is 0.375. The summed E-state index contributed by atoms with van der Waals surface area (Å²) >= 11 is 3.49. The van der Waals surface area contributed by atoms with Crippen molar-refractivity contribution in [2.45, 2.75) is 38.3 Å². The lowest BCUT2D eigenvalue weighted by Crippen LogP contribution is -2.54. The number of fused-ring (bicyclic) bond motifs is 7. The molecule has 6 rings (SSSR count). The summed E-state index contributed by atoms with van der Waals surface area (Å²) in [5.74, 6) is -1.88. The van der Waals surface area contributed by atoms with Gasteiger partial charge in [0.05, 0.1) is 17.5 Å². The van der Waals surface area contributed by atoms with Crippen molar-refractivity contribution in [3.05, 3.63) is 57.6 Å². The highest BCUT2D eigenvalue weighted by Crippen LogP contribution is 2.61. The van der Waals surface area contributed by atoms with E-state index in [0.29, 0.717) is 16.7 Å². The number of aryl methyl sites for hydroxylation is 1. The Hall–Kier alpha value is -2.51. The van der Waals surface area contributed by atoms with E-state index in [-0.39, 0.29) is 23.8 Å². The first-order valence-electron chi connectivity index (χ1n) is 10.7. The molecule has 2 aromatic carbocycles. The molecule has 4 heterocycles. The molecular formula is C24H22BrN3O3. The Kier molecular flexibility index (Phi) is 3.88. The minimum absolute atomic E-state index is 0.104. The number of nitrogens with zero attached hydrogens (tertiary/aromatic N) is 2. The maximum Gasteiger partial charge on any atom is 0.250 e. The molecule has 4 aliphatic heterocycles. The lowest BCUT2D eigenvalue weighted by molar-refractivity contribution is -0.135. The summed E-state index contributed by atoms with van der Waals surface area (Å²) in [6, 6.07) is 11.2.